The molecular formula is C10H12N4O2. The van der Waals surface area contributed by atoms with Crippen molar-refractivity contribution in [2.45, 2.75) is 6.54 Å². The molecule has 0 aliphatic heterocycles. The molecule has 6 nitrogen and oxygen atoms in total. The van der Waals surface area contributed by atoms with Gasteiger partial charge in [0, 0.05) is 25.5 Å². The van der Waals surface area contributed by atoms with E-state index in [1.54, 1.807) is 6.07 Å². The summed E-state index contributed by atoms with van der Waals surface area (Å²) >= 11 is 0. The van der Waals surface area contributed by atoms with Crippen LogP contribution in [-0.2, 0) is 16.1 Å². The zero-order chi connectivity index (χ0) is 11.8. The van der Waals surface area contributed by atoms with Crippen LogP contribution in [0.15, 0.2) is 24.5 Å². The average Bonchev–Trinajstić information content (AvgIpc) is 2.78. The summed E-state index contributed by atoms with van der Waals surface area (Å²) < 4.78 is 1.88. The van der Waals surface area contributed by atoms with Crippen molar-refractivity contribution in [1.29, 1.82) is 5.26 Å². The van der Waals surface area contributed by atoms with Gasteiger partial charge in [0.1, 0.15) is 6.54 Å². The molecule has 0 atom stereocenters. The van der Waals surface area contributed by atoms with E-state index in [-0.39, 0.29) is 6.54 Å². The Morgan fingerprint density at radius 1 is 1.19 bits per heavy atom. The number of nitrogens with one attached hydrogen (secondary N) is 2. The van der Waals surface area contributed by atoms with E-state index in [1.165, 1.54) is 0 Å². The topological polar surface area (TPSA) is 86.9 Å². The molecule has 84 valence electrons. The normalized spacial score (nSPS) is 9.19. The van der Waals surface area contributed by atoms with Crippen molar-refractivity contribution in [1.82, 2.24) is 15.2 Å². The van der Waals surface area contributed by atoms with Gasteiger partial charge in [0.25, 0.3) is 0 Å². The van der Waals surface area contributed by atoms with Gasteiger partial charge in [-0.3, -0.25) is 9.59 Å². The van der Waals surface area contributed by atoms with Crippen LogP contribution in [0.3, 0.4) is 0 Å². The van der Waals surface area contributed by atoms with Gasteiger partial charge >= 0.3 is 11.8 Å². The van der Waals surface area contributed by atoms with Gasteiger partial charge in [-0.1, -0.05) is 0 Å². The zero-order valence-corrected chi connectivity index (χ0v) is 8.64. The Labute approximate surface area is 92.9 Å². The van der Waals surface area contributed by atoms with Crippen molar-refractivity contribution in [2.75, 3.05) is 13.1 Å². The molecule has 0 radical (unpaired) electrons. The van der Waals surface area contributed by atoms with Crippen LogP contribution in [0.2, 0.25) is 0 Å². The molecule has 2 amide bonds. The molecule has 0 aromatic carbocycles. The fraction of sp³-hybridized carbons (Fsp3) is 0.300. The van der Waals surface area contributed by atoms with Gasteiger partial charge in [-0.25, -0.2) is 0 Å². The van der Waals surface area contributed by atoms with Crippen molar-refractivity contribution in [2.24, 2.45) is 0 Å². The van der Waals surface area contributed by atoms with Gasteiger partial charge in [-0.15, -0.1) is 0 Å². The fourth-order valence-electron chi connectivity index (χ4n) is 1.10. The standard InChI is InChI=1S/C10H12N4O2/c11-3-4-12-9(15)10(16)13-5-8-14-6-1-2-7-14/h1-2,6-7H,4-5,8H2,(H,12,15)(H,13,16). The lowest BCUT2D eigenvalue weighted by atomic mass is 10.5. The number of hydrogen-bond donors (Lipinski definition) is 2. The van der Waals surface area contributed by atoms with Crippen LogP contribution in [0.25, 0.3) is 0 Å². The predicted molar refractivity (Wildman–Crippen MR) is 56.1 cm³/mol. The van der Waals surface area contributed by atoms with Crippen molar-refractivity contribution in [3.8, 4) is 6.07 Å². The minimum Gasteiger partial charge on any atom is -0.353 e. The molecule has 0 saturated carbocycles. The Morgan fingerprint density at radius 3 is 2.44 bits per heavy atom. The van der Waals surface area contributed by atoms with Crippen molar-refractivity contribution in [3.63, 3.8) is 0 Å². The maximum Gasteiger partial charge on any atom is 0.310 e. The molecule has 0 aliphatic carbocycles. The van der Waals surface area contributed by atoms with Gasteiger partial charge in [0.2, 0.25) is 0 Å². The summed E-state index contributed by atoms with van der Waals surface area (Å²) in [6.07, 6.45) is 3.73. The van der Waals surface area contributed by atoms with E-state index in [1.807, 2.05) is 29.1 Å². The fourth-order valence-corrected chi connectivity index (χ4v) is 1.10. The molecular weight excluding hydrogens is 208 g/mol. The quantitative estimate of drug-likeness (QED) is 0.516. The number of nitriles is 1. The van der Waals surface area contributed by atoms with Gasteiger partial charge in [0.15, 0.2) is 0 Å². The molecule has 16 heavy (non-hydrogen) atoms. The highest BCUT2D eigenvalue weighted by molar-refractivity contribution is 6.35. The molecule has 0 bridgehead atoms. The van der Waals surface area contributed by atoms with E-state index in [0.29, 0.717) is 13.1 Å². The van der Waals surface area contributed by atoms with Crippen LogP contribution in [0, 0.1) is 11.3 Å². The number of nitrogens with zero attached hydrogens (tertiary/aromatic N) is 2. The van der Waals surface area contributed by atoms with E-state index in [0.717, 1.165) is 0 Å². The largest absolute Gasteiger partial charge is 0.353 e. The summed E-state index contributed by atoms with van der Waals surface area (Å²) in [4.78, 5) is 22.1. The summed E-state index contributed by atoms with van der Waals surface area (Å²) in [6, 6.07) is 5.47. The van der Waals surface area contributed by atoms with E-state index in [9.17, 15) is 9.59 Å². The Bertz CT molecular complexity index is 391. The number of rotatable bonds is 4. The summed E-state index contributed by atoms with van der Waals surface area (Å²) in [5.74, 6) is -1.50. The molecule has 0 saturated heterocycles. The lowest BCUT2D eigenvalue weighted by Crippen LogP contribution is -2.41. The number of aromatic nitrogens is 1. The second-order valence-corrected chi connectivity index (χ2v) is 3.02. The highest BCUT2D eigenvalue weighted by Gasteiger charge is 2.11. The minimum atomic E-state index is -0.783. The third-order valence-corrected chi connectivity index (χ3v) is 1.86. The SMILES string of the molecule is N#CCNC(=O)C(=O)NCCn1cccc1. The molecule has 0 aliphatic rings. The van der Waals surface area contributed by atoms with Gasteiger partial charge in [-0.05, 0) is 12.1 Å². The maximum absolute atomic E-state index is 11.1. The monoisotopic (exact) mass is 220 g/mol. The number of carbonyl (C=O) groups is 2. The minimum absolute atomic E-state index is 0.163. The van der Waals surface area contributed by atoms with Crippen LogP contribution >= 0.6 is 0 Å². The van der Waals surface area contributed by atoms with Crippen molar-refractivity contribution in [3.05, 3.63) is 24.5 Å². The number of carbonyl (C=O) groups excluding carboxylic acids is 2. The second kappa shape index (κ2) is 6.24. The summed E-state index contributed by atoms with van der Waals surface area (Å²) in [7, 11) is 0. The second-order valence-electron chi connectivity index (χ2n) is 3.02. The van der Waals surface area contributed by atoms with Crippen LogP contribution in [0.1, 0.15) is 0 Å². The molecule has 1 heterocycles. The van der Waals surface area contributed by atoms with Crippen LogP contribution in [0.4, 0.5) is 0 Å². The molecule has 0 spiro atoms. The molecule has 0 unspecified atom stereocenters. The van der Waals surface area contributed by atoms with Gasteiger partial charge in [-0.2, -0.15) is 5.26 Å². The van der Waals surface area contributed by atoms with Gasteiger partial charge < -0.3 is 15.2 Å². The predicted octanol–water partition coefficient (Wildman–Crippen LogP) is -0.756. The average molecular weight is 220 g/mol. The van der Waals surface area contributed by atoms with Crippen molar-refractivity contribution < 1.29 is 9.59 Å². The smallest absolute Gasteiger partial charge is 0.310 e. The third kappa shape index (κ3) is 3.84. The molecule has 1 aromatic rings. The lowest BCUT2D eigenvalue weighted by Gasteiger charge is -2.05. The van der Waals surface area contributed by atoms with E-state index < -0.39 is 11.8 Å². The van der Waals surface area contributed by atoms with Crippen LogP contribution in [-0.4, -0.2) is 29.5 Å². The van der Waals surface area contributed by atoms with Crippen LogP contribution < -0.4 is 10.6 Å². The lowest BCUT2D eigenvalue weighted by molar-refractivity contribution is -0.139. The van der Waals surface area contributed by atoms with E-state index in [4.69, 9.17) is 5.26 Å². The molecule has 1 rings (SSSR count). The Kier molecular flexibility index (Phi) is 4.60. The number of hydrogen-bond acceptors (Lipinski definition) is 3. The van der Waals surface area contributed by atoms with Crippen molar-refractivity contribution >= 4 is 11.8 Å². The maximum atomic E-state index is 11.1. The number of amides is 2. The highest BCUT2D eigenvalue weighted by atomic mass is 16.2. The Morgan fingerprint density at radius 2 is 1.81 bits per heavy atom. The third-order valence-electron chi connectivity index (χ3n) is 1.86. The first-order valence-electron chi connectivity index (χ1n) is 4.78. The van der Waals surface area contributed by atoms with E-state index in [2.05, 4.69) is 10.6 Å². The van der Waals surface area contributed by atoms with Gasteiger partial charge in [0.05, 0.1) is 6.07 Å². The Balaban J connectivity index is 2.20. The molecule has 2 N–H and O–H groups in total. The first-order valence-corrected chi connectivity index (χ1v) is 4.78. The molecule has 6 heteroatoms. The molecule has 0 fully saturated rings. The highest BCUT2D eigenvalue weighted by Crippen LogP contribution is 1.87. The molecule has 1 aromatic heterocycles. The summed E-state index contributed by atoms with van der Waals surface area (Å²) in [5.41, 5.74) is 0. The Hall–Kier alpha value is -2.29. The van der Waals surface area contributed by atoms with E-state index >= 15 is 0 Å². The summed E-state index contributed by atoms with van der Waals surface area (Å²) in [6.45, 7) is 0.807. The summed E-state index contributed by atoms with van der Waals surface area (Å²) in [5, 5.41) is 12.8. The first kappa shape index (κ1) is 11.8. The van der Waals surface area contributed by atoms with Crippen LogP contribution in [0.5, 0.6) is 0 Å². The first-order chi connectivity index (χ1) is 7.74. The zero-order valence-electron chi connectivity index (χ0n) is 8.64.